The Morgan fingerprint density at radius 2 is 2.10 bits per heavy atom. The zero-order valence-electron chi connectivity index (χ0n) is 12.8. The summed E-state index contributed by atoms with van der Waals surface area (Å²) < 4.78 is 0.870. The molecule has 0 aliphatic heterocycles. The van der Waals surface area contributed by atoms with E-state index in [9.17, 15) is 4.79 Å². The number of nitrogens with one attached hydrogen (secondary N) is 1. The second-order valence-corrected chi connectivity index (χ2v) is 7.85. The Labute approximate surface area is 140 Å². The van der Waals surface area contributed by atoms with Gasteiger partial charge in [-0.15, -0.1) is 0 Å². The number of amides is 1. The van der Waals surface area contributed by atoms with Crippen LogP contribution in [0.15, 0.2) is 22.7 Å². The van der Waals surface area contributed by atoms with Gasteiger partial charge in [-0.25, -0.2) is 0 Å². The molecule has 2 nitrogen and oxygen atoms in total. The highest BCUT2D eigenvalue weighted by Gasteiger charge is 2.32. The average molecular weight is 373 g/mol. The number of rotatable bonds is 3. The number of benzene rings is 1. The number of halogens is 2. The van der Waals surface area contributed by atoms with Crippen molar-refractivity contribution in [3.63, 3.8) is 0 Å². The van der Waals surface area contributed by atoms with Crippen LogP contribution < -0.4 is 5.32 Å². The van der Waals surface area contributed by atoms with E-state index in [4.69, 9.17) is 11.6 Å². The van der Waals surface area contributed by atoms with Gasteiger partial charge in [-0.1, -0.05) is 54.7 Å². The van der Waals surface area contributed by atoms with E-state index in [-0.39, 0.29) is 11.9 Å². The van der Waals surface area contributed by atoms with E-state index in [1.165, 1.54) is 12.8 Å². The van der Waals surface area contributed by atoms with Gasteiger partial charge in [-0.2, -0.15) is 0 Å². The van der Waals surface area contributed by atoms with Gasteiger partial charge in [0.1, 0.15) is 0 Å². The fraction of sp³-hybridized carbons (Fsp3) is 0.588. The number of carbonyl (C=O) groups is 1. The van der Waals surface area contributed by atoms with Crippen LogP contribution in [0.3, 0.4) is 0 Å². The highest BCUT2D eigenvalue weighted by molar-refractivity contribution is 9.10. The van der Waals surface area contributed by atoms with Crippen LogP contribution in [0.2, 0.25) is 5.02 Å². The van der Waals surface area contributed by atoms with Crippen molar-refractivity contribution >= 4 is 33.4 Å². The van der Waals surface area contributed by atoms with Crippen molar-refractivity contribution in [2.75, 3.05) is 0 Å². The molecule has 1 fully saturated rings. The van der Waals surface area contributed by atoms with Gasteiger partial charge in [0.25, 0.3) is 5.91 Å². The van der Waals surface area contributed by atoms with Gasteiger partial charge in [0.2, 0.25) is 0 Å². The first kappa shape index (κ1) is 16.8. The van der Waals surface area contributed by atoms with Crippen molar-refractivity contribution in [2.45, 2.75) is 46.1 Å². The zero-order chi connectivity index (χ0) is 15.6. The number of hydrogen-bond donors (Lipinski definition) is 1. The lowest BCUT2D eigenvalue weighted by Gasteiger charge is -2.37. The van der Waals surface area contributed by atoms with Gasteiger partial charge >= 0.3 is 0 Å². The molecule has 3 unspecified atom stereocenters. The van der Waals surface area contributed by atoms with E-state index in [1.54, 1.807) is 12.1 Å². The minimum atomic E-state index is -0.0638. The third kappa shape index (κ3) is 4.23. The van der Waals surface area contributed by atoms with Crippen molar-refractivity contribution < 1.29 is 4.79 Å². The van der Waals surface area contributed by atoms with Gasteiger partial charge in [0, 0.05) is 10.5 Å². The standard InChI is InChI=1S/C17H23BrClNO/c1-10(2)13-6-4-11(3)8-16(13)20-17(21)14-9-12(18)5-7-15(14)19/h5,7,9-11,13,16H,4,6,8H2,1-3H3,(H,20,21). The Balaban J connectivity index is 2.14. The van der Waals surface area contributed by atoms with Crippen LogP contribution >= 0.6 is 27.5 Å². The van der Waals surface area contributed by atoms with Crippen LogP contribution in [-0.4, -0.2) is 11.9 Å². The van der Waals surface area contributed by atoms with Crippen LogP contribution in [0.1, 0.15) is 50.4 Å². The minimum Gasteiger partial charge on any atom is -0.349 e. The zero-order valence-corrected chi connectivity index (χ0v) is 15.2. The molecule has 0 spiro atoms. The van der Waals surface area contributed by atoms with Crippen LogP contribution in [-0.2, 0) is 0 Å². The summed E-state index contributed by atoms with van der Waals surface area (Å²) in [4.78, 5) is 12.5. The monoisotopic (exact) mass is 371 g/mol. The molecule has 1 aliphatic carbocycles. The molecule has 1 aromatic carbocycles. The Morgan fingerprint density at radius 3 is 2.76 bits per heavy atom. The first-order valence-corrected chi connectivity index (χ1v) is 8.81. The maximum absolute atomic E-state index is 12.5. The summed E-state index contributed by atoms with van der Waals surface area (Å²) in [5, 5.41) is 3.72. The third-order valence-corrected chi connectivity index (χ3v) is 5.33. The fourth-order valence-electron chi connectivity index (χ4n) is 3.29. The molecule has 4 heteroatoms. The first-order valence-electron chi connectivity index (χ1n) is 7.64. The second kappa shape index (κ2) is 7.15. The lowest BCUT2D eigenvalue weighted by molar-refractivity contribution is 0.0868. The van der Waals surface area contributed by atoms with E-state index in [1.807, 2.05) is 6.07 Å². The topological polar surface area (TPSA) is 29.1 Å². The molecule has 1 aromatic rings. The lowest BCUT2D eigenvalue weighted by Crippen LogP contribution is -2.45. The molecule has 1 aliphatic rings. The Hall–Kier alpha value is -0.540. The predicted molar refractivity (Wildman–Crippen MR) is 91.7 cm³/mol. The summed E-state index contributed by atoms with van der Waals surface area (Å²) in [6, 6.07) is 5.63. The summed E-state index contributed by atoms with van der Waals surface area (Å²) in [5.41, 5.74) is 0.548. The summed E-state index contributed by atoms with van der Waals surface area (Å²) in [6.07, 6.45) is 3.50. The summed E-state index contributed by atoms with van der Waals surface area (Å²) in [5.74, 6) is 1.74. The summed E-state index contributed by atoms with van der Waals surface area (Å²) >= 11 is 9.55. The molecule has 116 valence electrons. The van der Waals surface area contributed by atoms with Crippen molar-refractivity contribution in [2.24, 2.45) is 17.8 Å². The Bertz CT molecular complexity index is 518. The molecule has 21 heavy (non-hydrogen) atoms. The van der Waals surface area contributed by atoms with Crippen molar-refractivity contribution in [3.05, 3.63) is 33.3 Å². The normalized spacial score (nSPS) is 25.9. The smallest absolute Gasteiger partial charge is 0.253 e. The van der Waals surface area contributed by atoms with Gasteiger partial charge in [0.15, 0.2) is 0 Å². The predicted octanol–water partition coefficient (Wildman–Crippen LogP) is 5.29. The average Bonchev–Trinajstić information content (AvgIpc) is 2.41. The van der Waals surface area contributed by atoms with Gasteiger partial charge in [0.05, 0.1) is 10.6 Å². The maximum atomic E-state index is 12.5. The molecule has 2 rings (SSSR count). The van der Waals surface area contributed by atoms with Gasteiger partial charge in [-0.05, 0) is 48.8 Å². The second-order valence-electron chi connectivity index (χ2n) is 6.53. The molecular formula is C17H23BrClNO. The van der Waals surface area contributed by atoms with E-state index in [0.717, 1.165) is 10.9 Å². The van der Waals surface area contributed by atoms with Gasteiger partial charge in [-0.3, -0.25) is 4.79 Å². The Morgan fingerprint density at radius 1 is 1.38 bits per heavy atom. The molecule has 0 radical (unpaired) electrons. The maximum Gasteiger partial charge on any atom is 0.253 e. The largest absolute Gasteiger partial charge is 0.349 e. The molecule has 1 N–H and O–H groups in total. The third-order valence-electron chi connectivity index (χ3n) is 4.51. The highest BCUT2D eigenvalue weighted by Crippen LogP contribution is 2.34. The molecule has 1 amide bonds. The molecular weight excluding hydrogens is 350 g/mol. The molecule has 0 heterocycles. The first-order chi connectivity index (χ1) is 9.88. The van der Waals surface area contributed by atoms with Gasteiger partial charge < -0.3 is 5.32 Å². The van der Waals surface area contributed by atoms with Crippen LogP contribution in [0.5, 0.6) is 0 Å². The molecule has 3 atom stereocenters. The molecule has 0 aromatic heterocycles. The fourth-order valence-corrected chi connectivity index (χ4v) is 3.85. The lowest BCUT2D eigenvalue weighted by atomic mass is 9.74. The highest BCUT2D eigenvalue weighted by atomic mass is 79.9. The van der Waals surface area contributed by atoms with Crippen molar-refractivity contribution in [3.8, 4) is 0 Å². The molecule has 1 saturated carbocycles. The quantitative estimate of drug-likeness (QED) is 0.767. The SMILES string of the molecule is CC1CCC(C(C)C)C(NC(=O)c2cc(Br)ccc2Cl)C1. The summed E-state index contributed by atoms with van der Waals surface area (Å²) in [7, 11) is 0. The molecule has 0 saturated heterocycles. The van der Waals surface area contributed by atoms with Crippen LogP contribution in [0.4, 0.5) is 0 Å². The Kier molecular flexibility index (Phi) is 5.73. The number of carbonyl (C=O) groups excluding carboxylic acids is 1. The van der Waals surface area contributed by atoms with E-state index < -0.39 is 0 Å². The van der Waals surface area contributed by atoms with Crippen molar-refractivity contribution in [1.82, 2.24) is 5.32 Å². The number of hydrogen-bond acceptors (Lipinski definition) is 1. The minimum absolute atomic E-state index is 0.0638. The molecule has 0 bridgehead atoms. The summed E-state index contributed by atoms with van der Waals surface area (Å²) in [6.45, 7) is 6.75. The van der Waals surface area contributed by atoms with E-state index in [0.29, 0.717) is 28.3 Å². The van der Waals surface area contributed by atoms with Crippen LogP contribution in [0, 0.1) is 17.8 Å². The van der Waals surface area contributed by atoms with E-state index >= 15 is 0 Å². The van der Waals surface area contributed by atoms with Crippen LogP contribution in [0.25, 0.3) is 0 Å². The van der Waals surface area contributed by atoms with E-state index in [2.05, 4.69) is 42.0 Å². The van der Waals surface area contributed by atoms with Crippen molar-refractivity contribution in [1.29, 1.82) is 0 Å².